The van der Waals surface area contributed by atoms with Gasteiger partial charge in [0, 0.05) is 36.5 Å². The van der Waals surface area contributed by atoms with E-state index in [4.69, 9.17) is 0 Å². The monoisotopic (exact) mass is 247 g/mol. The highest BCUT2D eigenvalue weighted by atomic mass is 19.1. The Morgan fingerprint density at radius 2 is 2.11 bits per heavy atom. The van der Waals surface area contributed by atoms with Gasteiger partial charge in [-0.15, -0.1) is 0 Å². The van der Waals surface area contributed by atoms with Gasteiger partial charge in [-0.2, -0.15) is 5.10 Å². The van der Waals surface area contributed by atoms with Gasteiger partial charge in [0.25, 0.3) is 0 Å². The van der Waals surface area contributed by atoms with Crippen LogP contribution in [0.4, 0.5) is 4.39 Å². The number of benzene rings is 1. The van der Waals surface area contributed by atoms with Crippen LogP contribution in [0, 0.1) is 12.7 Å². The summed E-state index contributed by atoms with van der Waals surface area (Å²) in [5.74, 6) is -0.166. The number of nitrogens with one attached hydrogen (secondary N) is 1. The summed E-state index contributed by atoms with van der Waals surface area (Å²) in [7, 11) is 1.92. The lowest BCUT2D eigenvalue weighted by Crippen LogP contribution is -2.19. The molecule has 0 fully saturated rings. The number of rotatable bonds is 4. The SMILES string of the molecule is Cc1c(CNC(C)c2ccccc2F)cnn1C. The molecule has 4 heteroatoms. The predicted molar refractivity (Wildman–Crippen MR) is 69.6 cm³/mol. The van der Waals surface area contributed by atoms with Crippen LogP contribution in [-0.2, 0) is 13.6 Å². The van der Waals surface area contributed by atoms with Gasteiger partial charge in [-0.1, -0.05) is 18.2 Å². The Morgan fingerprint density at radius 3 is 2.72 bits per heavy atom. The van der Waals surface area contributed by atoms with Gasteiger partial charge in [0.05, 0.1) is 6.20 Å². The highest BCUT2D eigenvalue weighted by Gasteiger charge is 2.11. The molecule has 1 heterocycles. The summed E-state index contributed by atoms with van der Waals surface area (Å²) in [6.07, 6.45) is 1.84. The van der Waals surface area contributed by atoms with E-state index in [-0.39, 0.29) is 11.9 Å². The zero-order chi connectivity index (χ0) is 13.1. The van der Waals surface area contributed by atoms with Gasteiger partial charge in [-0.3, -0.25) is 4.68 Å². The summed E-state index contributed by atoms with van der Waals surface area (Å²) in [4.78, 5) is 0. The molecule has 1 aromatic carbocycles. The molecule has 3 nitrogen and oxygen atoms in total. The molecule has 0 bridgehead atoms. The normalized spacial score (nSPS) is 12.7. The lowest BCUT2D eigenvalue weighted by molar-refractivity contribution is 0.527. The molecule has 0 aliphatic heterocycles. The summed E-state index contributed by atoms with van der Waals surface area (Å²) >= 11 is 0. The number of hydrogen-bond acceptors (Lipinski definition) is 2. The van der Waals surface area contributed by atoms with Gasteiger partial charge in [0.15, 0.2) is 0 Å². The fourth-order valence-electron chi connectivity index (χ4n) is 1.92. The molecule has 1 aromatic heterocycles. The molecular weight excluding hydrogens is 229 g/mol. The van der Waals surface area contributed by atoms with E-state index in [0.717, 1.165) is 11.3 Å². The van der Waals surface area contributed by atoms with E-state index in [9.17, 15) is 4.39 Å². The Labute approximate surface area is 107 Å². The van der Waals surface area contributed by atoms with Crippen LogP contribution in [0.25, 0.3) is 0 Å². The van der Waals surface area contributed by atoms with Crippen LogP contribution in [0.15, 0.2) is 30.5 Å². The second-order valence-corrected chi connectivity index (χ2v) is 4.50. The maximum Gasteiger partial charge on any atom is 0.127 e. The standard InChI is InChI=1S/C14H18FN3/c1-10(13-6-4-5-7-14(13)15)16-8-12-9-17-18(3)11(12)2/h4-7,9-10,16H,8H2,1-3H3. The molecule has 0 spiro atoms. The van der Waals surface area contributed by atoms with Gasteiger partial charge in [-0.25, -0.2) is 4.39 Å². The van der Waals surface area contributed by atoms with Crippen molar-refractivity contribution in [2.75, 3.05) is 0 Å². The Kier molecular flexibility index (Phi) is 3.77. The van der Waals surface area contributed by atoms with E-state index in [1.165, 1.54) is 6.07 Å². The average molecular weight is 247 g/mol. The van der Waals surface area contributed by atoms with E-state index in [2.05, 4.69) is 10.4 Å². The first kappa shape index (κ1) is 12.8. The summed E-state index contributed by atoms with van der Waals surface area (Å²) in [5, 5.41) is 7.50. The highest BCUT2D eigenvalue weighted by Crippen LogP contribution is 2.17. The van der Waals surface area contributed by atoms with Crippen LogP contribution in [-0.4, -0.2) is 9.78 Å². The Bertz CT molecular complexity index is 534. The van der Waals surface area contributed by atoms with Crippen molar-refractivity contribution < 1.29 is 4.39 Å². The van der Waals surface area contributed by atoms with E-state index >= 15 is 0 Å². The molecular formula is C14H18FN3. The van der Waals surface area contributed by atoms with Crippen LogP contribution >= 0.6 is 0 Å². The van der Waals surface area contributed by atoms with Crippen molar-refractivity contribution in [3.05, 3.63) is 53.1 Å². The molecule has 0 aliphatic rings. The zero-order valence-electron chi connectivity index (χ0n) is 10.9. The van der Waals surface area contributed by atoms with Crippen LogP contribution in [0.3, 0.4) is 0 Å². The topological polar surface area (TPSA) is 29.9 Å². The Morgan fingerprint density at radius 1 is 1.39 bits per heavy atom. The van der Waals surface area contributed by atoms with Gasteiger partial charge < -0.3 is 5.32 Å². The van der Waals surface area contributed by atoms with Crippen LogP contribution < -0.4 is 5.32 Å². The number of halogens is 1. The second-order valence-electron chi connectivity index (χ2n) is 4.50. The second kappa shape index (κ2) is 5.31. The first-order chi connectivity index (χ1) is 8.59. The molecule has 1 atom stereocenters. The quantitative estimate of drug-likeness (QED) is 0.900. The van der Waals surface area contributed by atoms with E-state index < -0.39 is 0 Å². The summed E-state index contributed by atoms with van der Waals surface area (Å²) in [5.41, 5.74) is 2.96. The Balaban J connectivity index is 2.03. The average Bonchev–Trinajstić information content (AvgIpc) is 2.68. The molecule has 1 N–H and O–H groups in total. The van der Waals surface area contributed by atoms with Crippen LogP contribution in [0.5, 0.6) is 0 Å². The maximum absolute atomic E-state index is 13.6. The highest BCUT2D eigenvalue weighted by molar-refractivity contribution is 5.21. The number of hydrogen-bond donors (Lipinski definition) is 1. The molecule has 0 aliphatic carbocycles. The van der Waals surface area contributed by atoms with Gasteiger partial charge >= 0.3 is 0 Å². The van der Waals surface area contributed by atoms with Crippen molar-refractivity contribution in [1.82, 2.24) is 15.1 Å². The smallest absolute Gasteiger partial charge is 0.127 e. The predicted octanol–water partition coefficient (Wildman–Crippen LogP) is 2.72. The molecule has 0 saturated heterocycles. The van der Waals surface area contributed by atoms with E-state index in [0.29, 0.717) is 12.1 Å². The Hall–Kier alpha value is -1.68. The van der Waals surface area contributed by atoms with Crippen molar-refractivity contribution in [2.45, 2.75) is 26.4 Å². The number of aromatic nitrogens is 2. The number of aryl methyl sites for hydroxylation is 1. The third-order valence-corrected chi connectivity index (χ3v) is 3.31. The molecule has 96 valence electrons. The molecule has 2 rings (SSSR count). The van der Waals surface area contributed by atoms with Crippen molar-refractivity contribution in [3.8, 4) is 0 Å². The van der Waals surface area contributed by atoms with Gasteiger partial charge in [-0.05, 0) is 19.9 Å². The molecule has 0 saturated carbocycles. The first-order valence-corrected chi connectivity index (χ1v) is 6.05. The molecule has 0 radical (unpaired) electrons. The molecule has 18 heavy (non-hydrogen) atoms. The van der Waals surface area contributed by atoms with Gasteiger partial charge in [0.2, 0.25) is 0 Å². The lowest BCUT2D eigenvalue weighted by Gasteiger charge is -2.14. The molecule has 2 aromatic rings. The van der Waals surface area contributed by atoms with Gasteiger partial charge in [0.1, 0.15) is 5.82 Å². The van der Waals surface area contributed by atoms with E-state index in [1.54, 1.807) is 6.07 Å². The number of nitrogens with zero attached hydrogens (tertiary/aromatic N) is 2. The van der Waals surface area contributed by atoms with Crippen molar-refractivity contribution >= 4 is 0 Å². The molecule has 1 unspecified atom stereocenters. The van der Waals surface area contributed by atoms with Crippen LogP contribution in [0.2, 0.25) is 0 Å². The fourth-order valence-corrected chi connectivity index (χ4v) is 1.92. The summed E-state index contributed by atoms with van der Waals surface area (Å²) in [6.45, 7) is 4.68. The largest absolute Gasteiger partial charge is 0.306 e. The summed E-state index contributed by atoms with van der Waals surface area (Å²) < 4.78 is 15.4. The summed E-state index contributed by atoms with van der Waals surface area (Å²) in [6, 6.07) is 6.83. The van der Waals surface area contributed by atoms with Crippen molar-refractivity contribution in [1.29, 1.82) is 0 Å². The fraction of sp³-hybridized carbons (Fsp3) is 0.357. The van der Waals surface area contributed by atoms with Crippen LogP contribution in [0.1, 0.15) is 29.8 Å². The van der Waals surface area contributed by atoms with Crippen molar-refractivity contribution in [2.24, 2.45) is 7.05 Å². The zero-order valence-corrected chi connectivity index (χ0v) is 10.9. The first-order valence-electron chi connectivity index (χ1n) is 6.05. The minimum absolute atomic E-state index is 0.0224. The van der Waals surface area contributed by atoms with E-state index in [1.807, 2.05) is 43.9 Å². The minimum atomic E-state index is -0.166. The lowest BCUT2D eigenvalue weighted by atomic mass is 10.1. The minimum Gasteiger partial charge on any atom is -0.306 e. The third-order valence-electron chi connectivity index (χ3n) is 3.31. The van der Waals surface area contributed by atoms with Crippen molar-refractivity contribution in [3.63, 3.8) is 0 Å². The maximum atomic E-state index is 13.6. The third kappa shape index (κ3) is 2.59. The molecule has 0 amide bonds.